The molecular formula is C28H23NO4. The number of aliphatic carboxylic acids is 1. The van der Waals surface area contributed by atoms with Gasteiger partial charge in [0, 0.05) is 5.92 Å². The van der Waals surface area contributed by atoms with Crippen LogP contribution in [0.2, 0.25) is 0 Å². The molecule has 2 N–H and O–H groups in total. The number of carboxylic acids is 1. The molecule has 0 bridgehead atoms. The van der Waals surface area contributed by atoms with Crippen LogP contribution in [-0.4, -0.2) is 23.8 Å². The third kappa shape index (κ3) is 4.05. The summed E-state index contributed by atoms with van der Waals surface area (Å²) in [6.07, 6.45) is -0.867. The Morgan fingerprint density at radius 3 is 2.12 bits per heavy atom. The molecule has 5 heteroatoms. The van der Waals surface area contributed by atoms with Gasteiger partial charge in [-0.15, -0.1) is 0 Å². The first-order chi connectivity index (χ1) is 16.1. The number of carboxylic acid groups (broad SMARTS) is 1. The lowest BCUT2D eigenvalue weighted by Crippen LogP contribution is -2.31. The second-order valence-electron chi connectivity index (χ2n) is 8.19. The molecule has 1 aliphatic carbocycles. The van der Waals surface area contributed by atoms with E-state index in [1.54, 1.807) is 0 Å². The number of hydrogen-bond donors (Lipinski definition) is 2. The lowest BCUT2D eigenvalue weighted by atomic mass is 9.97. The molecule has 0 saturated heterocycles. The maximum atomic E-state index is 12.8. The first-order valence-electron chi connectivity index (χ1n) is 10.9. The number of carbonyl (C=O) groups is 2. The van der Waals surface area contributed by atoms with E-state index in [9.17, 15) is 14.7 Å². The molecule has 164 valence electrons. The number of benzene rings is 4. The summed E-state index contributed by atoms with van der Waals surface area (Å²) in [4.78, 5) is 24.3. The average molecular weight is 437 g/mol. The Morgan fingerprint density at radius 2 is 1.42 bits per heavy atom. The van der Waals surface area contributed by atoms with Gasteiger partial charge in [-0.1, -0.05) is 91.0 Å². The van der Waals surface area contributed by atoms with Gasteiger partial charge in [-0.05, 0) is 38.6 Å². The van der Waals surface area contributed by atoms with Crippen LogP contribution < -0.4 is 5.32 Å². The summed E-state index contributed by atoms with van der Waals surface area (Å²) >= 11 is 0. The summed E-state index contributed by atoms with van der Waals surface area (Å²) in [5, 5.41) is 14.1. The van der Waals surface area contributed by atoms with Crippen LogP contribution in [0.3, 0.4) is 0 Å². The largest absolute Gasteiger partial charge is 0.481 e. The van der Waals surface area contributed by atoms with Crippen LogP contribution in [0.5, 0.6) is 0 Å². The molecule has 5 rings (SSSR count). The van der Waals surface area contributed by atoms with E-state index in [0.717, 1.165) is 38.6 Å². The van der Waals surface area contributed by atoms with Crippen LogP contribution in [0.15, 0.2) is 91.0 Å². The Hall–Kier alpha value is -4.12. The molecule has 0 aromatic heterocycles. The maximum absolute atomic E-state index is 12.8. The average Bonchev–Trinajstić information content (AvgIpc) is 3.15. The zero-order valence-corrected chi connectivity index (χ0v) is 17.9. The molecular weight excluding hydrogens is 414 g/mol. The normalized spacial score (nSPS) is 13.2. The number of carbonyl (C=O) groups excluding carboxylic acids is 1. The fraction of sp³-hybridized carbons (Fsp3) is 0.143. The van der Waals surface area contributed by atoms with Crippen LogP contribution in [0.25, 0.3) is 21.9 Å². The summed E-state index contributed by atoms with van der Waals surface area (Å²) < 4.78 is 5.64. The van der Waals surface area contributed by atoms with E-state index in [-0.39, 0.29) is 18.9 Å². The first kappa shape index (κ1) is 20.8. The van der Waals surface area contributed by atoms with Gasteiger partial charge in [0.1, 0.15) is 6.61 Å². The molecule has 0 spiro atoms. The predicted molar refractivity (Wildman–Crippen MR) is 127 cm³/mol. The van der Waals surface area contributed by atoms with E-state index in [4.69, 9.17) is 4.74 Å². The lowest BCUT2D eigenvalue weighted by Gasteiger charge is -2.20. The van der Waals surface area contributed by atoms with Crippen LogP contribution in [0.4, 0.5) is 4.79 Å². The number of nitrogens with one attached hydrogen (secondary N) is 1. The van der Waals surface area contributed by atoms with Gasteiger partial charge in [-0.2, -0.15) is 0 Å². The van der Waals surface area contributed by atoms with Crippen molar-refractivity contribution in [1.82, 2.24) is 5.32 Å². The smallest absolute Gasteiger partial charge is 0.407 e. The van der Waals surface area contributed by atoms with E-state index >= 15 is 0 Å². The summed E-state index contributed by atoms with van der Waals surface area (Å²) in [5.41, 5.74) is 5.32. The second kappa shape index (κ2) is 8.79. The third-order valence-electron chi connectivity index (χ3n) is 6.21. The Labute approximate surface area is 191 Å². The van der Waals surface area contributed by atoms with Crippen LogP contribution >= 0.6 is 0 Å². The summed E-state index contributed by atoms with van der Waals surface area (Å²) in [5.74, 6) is -1.05. The Bertz CT molecular complexity index is 1300. The van der Waals surface area contributed by atoms with Gasteiger partial charge in [0.2, 0.25) is 0 Å². The molecule has 4 aromatic carbocycles. The van der Waals surface area contributed by atoms with E-state index in [1.165, 1.54) is 0 Å². The summed E-state index contributed by atoms with van der Waals surface area (Å²) in [6.45, 7) is 0.176. The van der Waals surface area contributed by atoms with Crippen LogP contribution in [-0.2, 0) is 9.53 Å². The lowest BCUT2D eigenvalue weighted by molar-refractivity contribution is -0.137. The van der Waals surface area contributed by atoms with E-state index in [0.29, 0.717) is 0 Å². The topological polar surface area (TPSA) is 75.6 Å². The molecule has 1 amide bonds. The van der Waals surface area contributed by atoms with Gasteiger partial charge in [0.15, 0.2) is 0 Å². The number of amides is 1. The molecule has 0 unspecified atom stereocenters. The molecule has 0 fully saturated rings. The number of fused-ring (bicyclic) bond motifs is 4. The minimum atomic E-state index is -0.994. The monoisotopic (exact) mass is 437 g/mol. The molecule has 33 heavy (non-hydrogen) atoms. The molecule has 1 atom stereocenters. The van der Waals surface area contributed by atoms with E-state index in [1.807, 2.05) is 66.7 Å². The summed E-state index contributed by atoms with van der Waals surface area (Å²) in [6, 6.07) is 29.0. The molecule has 0 radical (unpaired) electrons. The van der Waals surface area contributed by atoms with Crippen molar-refractivity contribution in [3.8, 4) is 11.1 Å². The Balaban J connectivity index is 1.36. The van der Waals surface area contributed by atoms with Crippen molar-refractivity contribution in [2.45, 2.75) is 18.4 Å². The first-order valence-corrected chi connectivity index (χ1v) is 10.9. The van der Waals surface area contributed by atoms with Crippen molar-refractivity contribution >= 4 is 22.8 Å². The van der Waals surface area contributed by atoms with Crippen molar-refractivity contribution < 1.29 is 19.4 Å². The maximum Gasteiger partial charge on any atom is 0.407 e. The van der Waals surface area contributed by atoms with Gasteiger partial charge in [0.25, 0.3) is 0 Å². The molecule has 5 nitrogen and oxygen atoms in total. The molecule has 0 aliphatic heterocycles. The summed E-state index contributed by atoms with van der Waals surface area (Å²) in [7, 11) is 0. The minimum absolute atomic E-state index is 0.0568. The highest BCUT2D eigenvalue weighted by atomic mass is 16.5. The fourth-order valence-electron chi connectivity index (χ4n) is 4.75. The van der Waals surface area contributed by atoms with Crippen molar-refractivity contribution in [3.05, 3.63) is 108 Å². The van der Waals surface area contributed by atoms with Gasteiger partial charge in [0.05, 0.1) is 12.5 Å². The van der Waals surface area contributed by atoms with Crippen molar-refractivity contribution in [3.63, 3.8) is 0 Å². The van der Waals surface area contributed by atoms with Crippen LogP contribution in [0.1, 0.15) is 35.1 Å². The third-order valence-corrected chi connectivity index (χ3v) is 6.21. The quantitative estimate of drug-likeness (QED) is 0.394. The Morgan fingerprint density at radius 1 is 0.818 bits per heavy atom. The van der Waals surface area contributed by atoms with Gasteiger partial charge < -0.3 is 15.2 Å². The highest BCUT2D eigenvalue weighted by Crippen LogP contribution is 2.44. The highest BCUT2D eigenvalue weighted by Gasteiger charge is 2.29. The number of ether oxygens (including phenoxy) is 1. The van der Waals surface area contributed by atoms with Gasteiger partial charge in [-0.25, -0.2) is 4.79 Å². The highest BCUT2D eigenvalue weighted by molar-refractivity contribution is 5.87. The van der Waals surface area contributed by atoms with Crippen molar-refractivity contribution in [2.24, 2.45) is 0 Å². The second-order valence-corrected chi connectivity index (χ2v) is 8.19. The predicted octanol–water partition coefficient (Wildman–Crippen LogP) is 5.89. The van der Waals surface area contributed by atoms with Gasteiger partial charge >= 0.3 is 12.1 Å². The zero-order valence-electron chi connectivity index (χ0n) is 17.9. The Kier molecular flexibility index (Phi) is 5.53. The SMILES string of the molecule is O=C(O)C[C@H](NC(=O)OCC1c2ccccc2-c2ccccc21)c1cccc2ccccc12. The molecule has 0 saturated carbocycles. The zero-order chi connectivity index (χ0) is 22.8. The van der Waals surface area contributed by atoms with E-state index < -0.39 is 18.1 Å². The van der Waals surface area contributed by atoms with Gasteiger partial charge in [-0.3, -0.25) is 4.79 Å². The van der Waals surface area contributed by atoms with E-state index in [2.05, 4.69) is 29.6 Å². The molecule has 0 heterocycles. The van der Waals surface area contributed by atoms with Crippen molar-refractivity contribution in [2.75, 3.05) is 6.61 Å². The minimum Gasteiger partial charge on any atom is -0.481 e. The number of hydrogen-bond acceptors (Lipinski definition) is 3. The molecule has 1 aliphatic rings. The fourth-order valence-corrected chi connectivity index (χ4v) is 4.75. The van der Waals surface area contributed by atoms with Crippen molar-refractivity contribution in [1.29, 1.82) is 0 Å². The molecule has 4 aromatic rings. The van der Waals surface area contributed by atoms with Crippen LogP contribution in [0, 0.1) is 0 Å². The number of alkyl carbamates (subject to hydrolysis) is 1. The standard InChI is InChI=1S/C28H23NO4/c30-27(31)16-26(24-15-7-9-18-8-1-2-10-19(18)24)29-28(32)33-17-25-22-13-5-3-11-20(22)21-12-4-6-14-23(21)25/h1-15,25-26H,16-17H2,(H,29,32)(H,30,31)/t26-/m0/s1. The number of rotatable bonds is 6.